The molecule has 0 aliphatic carbocycles. The summed E-state index contributed by atoms with van der Waals surface area (Å²) in [6, 6.07) is 15.6. The number of thiazole rings is 1. The number of carbonyl (C=O) groups is 1. The van der Waals surface area contributed by atoms with Gasteiger partial charge >= 0.3 is 5.97 Å². The summed E-state index contributed by atoms with van der Waals surface area (Å²) in [5.74, 6) is -0.870. The molecular formula is C23H18N4O3S. The van der Waals surface area contributed by atoms with Gasteiger partial charge in [-0.2, -0.15) is 0 Å². The second kappa shape index (κ2) is 7.73. The first-order chi connectivity index (χ1) is 15.1. The van der Waals surface area contributed by atoms with E-state index in [0.717, 1.165) is 38.4 Å². The van der Waals surface area contributed by atoms with Crippen LogP contribution < -0.4 is 10.9 Å². The van der Waals surface area contributed by atoms with Crippen LogP contribution in [0.5, 0.6) is 0 Å². The van der Waals surface area contributed by atoms with Gasteiger partial charge in [0, 0.05) is 45.5 Å². The molecule has 0 unspecified atom stereocenters. The van der Waals surface area contributed by atoms with Crippen molar-refractivity contribution in [2.75, 3.05) is 5.32 Å². The number of hydrogen-bond donors (Lipinski definition) is 4. The van der Waals surface area contributed by atoms with Crippen LogP contribution in [-0.4, -0.2) is 26.0 Å². The molecule has 2 aromatic carbocycles. The molecule has 5 aromatic rings. The molecular weight excluding hydrogens is 412 g/mol. The number of H-pyrrole nitrogens is 2. The first-order valence-electron chi connectivity index (χ1n) is 9.74. The number of hydrogen-bond acceptors (Lipinski definition) is 5. The van der Waals surface area contributed by atoms with Crippen LogP contribution in [0.3, 0.4) is 0 Å². The van der Waals surface area contributed by atoms with Crippen LogP contribution in [-0.2, 0) is 11.2 Å². The number of para-hydroxylation sites is 1. The Balaban J connectivity index is 1.57. The molecule has 0 radical (unpaired) electrons. The Labute approximate surface area is 180 Å². The predicted octanol–water partition coefficient (Wildman–Crippen LogP) is 4.89. The van der Waals surface area contributed by atoms with Gasteiger partial charge in [-0.05, 0) is 36.2 Å². The van der Waals surface area contributed by atoms with Crippen molar-refractivity contribution in [3.8, 4) is 11.3 Å². The molecule has 0 aliphatic heterocycles. The second-order valence-corrected chi connectivity index (χ2v) is 8.06. The van der Waals surface area contributed by atoms with Crippen LogP contribution in [0.25, 0.3) is 33.1 Å². The van der Waals surface area contributed by atoms with Gasteiger partial charge in [0.05, 0.1) is 5.69 Å². The van der Waals surface area contributed by atoms with Gasteiger partial charge in [0.1, 0.15) is 5.52 Å². The van der Waals surface area contributed by atoms with E-state index in [9.17, 15) is 9.59 Å². The molecule has 0 fully saturated rings. The Hall–Kier alpha value is -3.91. The van der Waals surface area contributed by atoms with Gasteiger partial charge < -0.3 is 20.4 Å². The zero-order chi connectivity index (χ0) is 21.4. The highest BCUT2D eigenvalue weighted by atomic mass is 32.1. The van der Waals surface area contributed by atoms with E-state index in [2.05, 4.69) is 15.3 Å². The zero-order valence-electron chi connectivity index (χ0n) is 16.3. The normalized spacial score (nSPS) is 11.2. The van der Waals surface area contributed by atoms with Crippen molar-refractivity contribution in [3.63, 3.8) is 0 Å². The summed E-state index contributed by atoms with van der Waals surface area (Å²) in [6.45, 7) is 0. The SMILES string of the molecule is O=C(O)CCc1c[nH]c2c(=O)[nH]c3ccc(-c4csc(Nc5ccccc5)n4)cc3c12. The van der Waals surface area contributed by atoms with E-state index < -0.39 is 5.97 Å². The van der Waals surface area contributed by atoms with Crippen molar-refractivity contribution in [2.45, 2.75) is 12.8 Å². The van der Waals surface area contributed by atoms with E-state index in [4.69, 9.17) is 10.1 Å². The molecule has 0 atom stereocenters. The second-order valence-electron chi connectivity index (χ2n) is 7.20. The molecule has 0 amide bonds. The average Bonchev–Trinajstić information content (AvgIpc) is 3.41. The minimum atomic E-state index is -0.870. The van der Waals surface area contributed by atoms with E-state index in [0.29, 0.717) is 17.5 Å². The number of anilines is 2. The molecule has 7 nitrogen and oxygen atoms in total. The Bertz CT molecular complexity index is 1470. The van der Waals surface area contributed by atoms with Crippen molar-refractivity contribution in [2.24, 2.45) is 0 Å². The fourth-order valence-electron chi connectivity index (χ4n) is 3.70. The van der Waals surface area contributed by atoms with E-state index in [1.807, 2.05) is 53.9 Å². The number of nitrogens with zero attached hydrogens (tertiary/aromatic N) is 1. The number of pyridine rings is 1. The number of aryl methyl sites for hydroxylation is 1. The smallest absolute Gasteiger partial charge is 0.303 e. The number of rotatable bonds is 6. The summed E-state index contributed by atoms with van der Waals surface area (Å²) < 4.78 is 0. The fraction of sp³-hybridized carbons (Fsp3) is 0.0870. The van der Waals surface area contributed by atoms with E-state index in [1.54, 1.807) is 6.20 Å². The van der Waals surface area contributed by atoms with Gasteiger partial charge in [0.15, 0.2) is 5.13 Å². The lowest BCUT2D eigenvalue weighted by atomic mass is 10.0. The first-order valence-corrected chi connectivity index (χ1v) is 10.6. The molecule has 0 saturated carbocycles. The Morgan fingerprint density at radius 1 is 1.16 bits per heavy atom. The van der Waals surface area contributed by atoms with E-state index >= 15 is 0 Å². The third-order valence-corrected chi connectivity index (χ3v) is 5.92. The molecule has 0 aliphatic rings. The summed E-state index contributed by atoms with van der Waals surface area (Å²) in [4.78, 5) is 34.1. The van der Waals surface area contributed by atoms with Gasteiger partial charge in [-0.3, -0.25) is 9.59 Å². The van der Waals surface area contributed by atoms with Crippen molar-refractivity contribution in [3.05, 3.63) is 76.0 Å². The molecule has 154 valence electrons. The van der Waals surface area contributed by atoms with Crippen LogP contribution >= 0.6 is 11.3 Å². The summed E-state index contributed by atoms with van der Waals surface area (Å²) in [5, 5.41) is 16.8. The van der Waals surface area contributed by atoms with Crippen molar-refractivity contribution in [1.82, 2.24) is 15.0 Å². The molecule has 31 heavy (non-hydrogen) atoms. The topological polar surface area (TPSA) is 111 Å². The molecule has 0 bridgehead atoms. The highest BCUT2D eigenvalue weighted by molar-refractivity contribution is 7.14. The largest absolute Gasteiger partial charge is 0.481 e. The van der Waals surface area contributed by atoms with Crippen molar-refractivity contribution < 1.29 is 9.90 Å². The minimum absolute atomic E-state index is 0.00153. The van der Waals surface area contributed by atoms with Crippen LogP contribution in [0.15, 0.2) is 64.9 Å². The predicted molar refractivity (Wildman–Crippen MR) is 123 cm³/mol. The quantitative estimate of drug-likeness (QED) is 0.306. The lowest BCUT2D eigenvalue weighted by Gasteiger charge is -2.05. The standard InChI is InChI=1S/C23H18N4O3S/c28-19(29)9-7-14-11-24-21-20(14)16-10-13(6-8-17(16)26-22(21)30)18-12-31-23(27-18)25-15-4-2-1-3-5-15/h1-6,8,10-12,24H,7,9H2,(H,25,27)(H,26,30)(H,28,29). The number of fused-ring (bicyclic) bond motifs is 3. The number of carboxylic acid groups (broad SMARTS) is 1. The van der Waals surface area contributed by atoms with Crippen LogP contribution in [0.4, 0.5) is 10.8 Å². The van der Waals surface area contributed by atoms with Gasteiger partial charge in [0.2, 0.25) is 0 Å². The number of aromatic nitrogens is 3. The summed E-state index contributed by atoms with van der Waals surface area (Å²) in [6.07, 6.45) is 2.07. The number of aliphatic carboxylic acids is 1. The molecule has 0 spiro atoms. The van der Waals surface area contributed by atoms with E-state index in [-0.39, 0.29) is 12.0 Å². The molecule has 4 N–H and O–H groups in total. The lowest BCUT2D eigenvalue weighted by molar-refractivity contribution is -0.136. The molecule has 3 heterocycles. The van der Waals surface area contributed by atoms with Gasteiger partial charge in [-0.1, -0.05) is 24.3 Å². The Morgan fingerprint density at radius 3 is 2.81 bits per heavy atom. The summed E-state index contributed by atoms with van der Waals surface area (Å²) >= 11 is 1.52. The highest BCUT2D eigenvalue weighted by Gasteiger charge is 2.14. The number of benzene rings is 2. The average molecular weight is 430 g/mol. The monoisotopic (exact) mass is 430 g/mol. The fourth-order valence-corrected chi connectivity index (χ4v) is 4.44. The maximum absolute atomic E-state index is 12.5. The highest BCUT2D eigenvalue weighted by Crippen LogP contribution is 2.32. The van der Waals surface area contributed by atoms with E-state index in [1.165, 1.54) is 11.3 Å². The van der Waals surface area contributed by atoms with Crippen LogP contribution in [0, 0.1) is 0 Å². The Morgan fingerprint density at radius 2 is 2.00 bits per heavy atom. The Kier molecular flexibility index (Phi) is 4.76. The van der Waals surface area contributed by atoms with Gasteiger partial charge in [0.25, 0.3) is 5.56 Å². The van der Waals surface area contributed by atoms with Gasteiger partial charge in [-0.15, -0.1) is 11.3 Å². The number of carboxylic acids is 1. The summed E-state index contributed by atoms with van der Waals surface area (Å²) in [7, 11) is 0. The van der Waals surface area contributed by atoms with Crippen molar-refractivity contribution >= 4 is 49.9 Å². The molecule has 8 heteroatoms. The minimum Gasteiger partial charge on any atom is -0.481 e. The molecule has 3 aromatic heterocycles. The van der Waals surface area contributed by atoms with Gasteiger partial charge in [-0.25, -0.2) is 4.98 Å². The molecule has 0 saturated heterocycles. The first kappa shape index (κ1) is 19.1. The maximum Gasteiger partial charge on any atom is 0.303 e. The lowest BCUT2D eigenvalue weighted by Crippen LogP contribution is -2.06. The van der Waals surface area contributed by atoms with Crippen LogP contribution in [0.2, 0.25) is 0 Å². The summed E-state index contributed by atoms with van der Waals surface area (Å²) in [5.41, 5.74) is 4.47. The zero-order valence-corrected chi connectivity index (χ0v) is 17.1. The van der Waals surface area contributed by atoms with Crippen molar-refractivity contribution in [1.29, 1.82) is 0 Å². The number of nitrogens with one attached hydrogen (secondary N) is 3. The maximum atomic E-state index is 12.5. The molecule has 5 rings (SSSR count). The number of aromatic amines is 2. The third-order valence-electron chi connectivity index (χ3n) is 5.16. The third kappa shape index (κ3) is 3.69. The van der Waals surface area contributed by atoms with Crippen LogP contribution in [0.1, 0.15) is 12.0 Å².